The Balaban J connectivity index is 2.03. The molecule has 1 aliphatic carbocycles. The largest absolute Gasteiger partial charge is 0.462 e. The van der Waals surface area contributed by atoms with Crippen LogP contribution in [-0.4, -0.2) is 12.1 Å². The number of carbonyl (C=O) groups is 1. The molecular formula is C15H28O2. The van der Waals surface area contributed by atoms with Crippen molar-refractivity contribution in [3.8, 4) is 0 Å². The first kappa shape index (κ1) is 14.5. The molecule has 1 unspecified atom stereocenters. The topological polar surface area (TPSA) is 26.3 Å². The van der Waals surface area contributed by atoms with Gasteiger partial charge in [0.15, 0.2) is 0 Å². The third-order valence-corrected chi connectivity index (χ3v) is 3.87. The second kappa shape index (κ2) is 8.54. The zero-order valence-electron chi connectivity index (χ0n) is 11.5. The molecule has 0 radical (unpaired) electrons. The third-order valence-electron chi connectivity index (χ3n) is 3.87. The van der Waals surface area contributed by atoms with E-state index in [1.165, 1.54) is 51.4 Å². The molecule has 1 saturated carbocycles. The van der Waals surface area contributed by atoms with Crippen LogP contribution in [0.3, 0.4) is 0 Å². The molecule has 17 heavy (non-hydrogen) atoms. The fraction of sp³-hybridized carbons (Fsp3) is 0.933. The van der Waals surface area contributed by atoms with Crippen LogP contribution in [-0.2, 0) is 9.53 Å². The first-order valence-corrected chi connectivity index (χ1v) is 7.43. The molecule has 2 heteroatoms. The molecule has 1 aliphatic rings. The van der Waals surface area contributed by atoms with E-state index < -0.39 is 0 Å². The molecule has 0 bridgehead atoms. The maximum Gasteiger partial charge on any atom is 0.306 e. The number of hydrogen-bond acceptors (Lipinski definition) is 2. The van der Waals surface area contributed by atoms with Crippen molar-refractivity contribution < 1.29 is 9.53 Å². The van der Waals surface area contributed by atoms with Crippen LogP contribution < -0.4 is 0 Å². The Morgan fingerprint density at radius 1 is 1.18 bits per heavy atom. The summed E-state index contributed by atoms with van der Waals surface area (Å²) in [4.78, 5) is 11.6. The summed E-state index contributed by atoms with van der Waals surface area (Å²) in [6.45, 7) is 4.27. The minimum absolute atomic E-state index is 0.0147. The number of carbonyl (C=O) groups excluding carboxylic acids is 1. The van der Waals surface area contributed by atoms with Gasteiger partial charge in [-0.2, -0.15) is 0 Å². The average molecular weight is 240 g/mol. The van der Waals surface area contributed by atoms with E-state index in [9.17, 15) is 4.79 Å². The fourth-order valence-corrected chi connectivity index (χ4v) is 2.66. The Morgan fingerprint density at radius 2 is 1.82 bits per heavy atom. The second-order valence-electron chi connectivity index (χ2n) is 5.40. The van der Waals surface area contributed by atoms with Crippen molar-refractivity contribution in [2.45, 2.75) is 84.2 Å². The summed E-state index contributed by atoms with van der Waals surface area (Å²) in [5.41, 5.74) is 0. The van der Waals surface area contributed by atoms with Gasteiger partial charge in [0.25, 0.3) is 0 Å². The Kier molecular flexibility index (Phi) is 7.30. The van der Waals surface area contributed by atoms with Crippen LogP contribution in [0.25, 0.3) is 0 Å². The van der Waals surface area contributed by atoms with Crippen molar-refractivity contribution in [3.05, 3.63) is 0 Å². The molecule has 0 aromatic carbocycles. The highest BCUT2D eigenvalue weighted by Crippen LogP contribution is 2.29. The smallest absolute Gasteiger partial charge is 0.306 e. The lowest BCUT2D eigenvalue weighted by atomic mass is 10.0. The van der Waals surface area contributed by atoms with Crippen LogP contribution in [0.1, 0.15) is 78.1 Å². The van der Waals surface area contributed by atoms with Gasteiger partial charge >= 0.3 is 5.97 Å². The van der Waals surface area contributed by atoms with E-state index in [0.717, 1.165) is 6.42 Å². The van der Waals surface area contributed by atoms with Gasteiger partial charge in [-0.3, -0.25) is 4.79 Å². The molecule has 0 heterocycles. The van der Waals surface area contributed by atoms with Crippen molar-refractivity contribution in [2.75, 3.05) is 0 Å². The first-order valence-electron chi connectivity index (χ1n) is 7.43. The molecule has 0 aliphatic heterocycles. The van der Waals surface area contributed by atoms with Crippen molar-refractivity contribution in [1.29, 1.82) is 0 Å². The molecule has 100 valence electrons. The normalized spacial score (nSPS) is 18.2. The summed E-state index contributed by atoms with van der Waals surface area (Å²) in [6.07, 6.45) is 11.8. The highest BCUT2D eigenvalue weighted by Gasteiger charge is 2.24. The van der Waals surface area contributed by atoms with Gasteiger partial charge in [0.2, 0.25) is 0 Å². The summed E-state index contributed by atoms with van der Waals surface area (Å²) < 4.78 is 5.50. The SMILES string of the molecule is CCCCCCCC(=O)OC(C)C1CCCC1. The number of esters is 1. The van der Waals surface area contributed by atoms with Crippen molar-refractivity contribution >= 4 is 5.97 Å². The highest BCUT2D eigenvalue weighted by molar-refractivity contribution is 5.69. The molecule has 0 saturated heterocycles. The lowest BCUT2D eigenvalue weighted by Crippen LogP contribution is -2.22. The zero-order valence-corrected chi connectivity index (χ0v) is 11.5. The van der Waals surface area contributed by atoms with Crippen LogP contribution in [0.15, 0.2) is 0 Å². The number of rotatable bonds is 8. The van der Waals surface area contributed by atoms with Gasteiger partial charge in [0, 0.05) is 6.42 Å². The van der Waals surface area contributed by atoms with Crippen molar-refractivity contribution in [1.82, 2.24) is 0 Å². The second-order valence-corrected chi connectivity index (χ2v) is 5.40. The third kappa shape index (κ3) is 6.09. The Morgan fingerprint density at radius 3 is 2.47 bits per heavy atom. The van der Waals surface area contributed by atoms with E-state index in [-0.39, 0.29) is 12.1 Å². The average Bonchev–Trinajstić information content (AvgIpc) is 2.82. The molecule has 0 N–H and O–H groups in total. The molecule has 0 amide bonds. The maximum absolute atomic E-state index is 11.6. The van der Waals surface area contributed by atoms with Gasteiger partial charge < -0.3 is 4.74 Å². The molecule has 1 atom stereocenters. The van der Waals surface area contributed by atoms with E-state index in [1.807, 2.05) is 0 Å². The van der Waals surface area contributed by atoms with Crippen LogP contribution >= 0.6 is 0 Å². The van der Waals surface area contributed by atoms with Crippen LogP contribution in [0.2, 0.25) is 0 Å². The minimum Gasteiger partial charge on any atom is -0.462 e. The summed E-state index contributed by atoms with van der Waals surface area (Å²) >= 11 is 0. The van der Waals surface area contributed by atoms with Gasteiger partial charge in [-0.05, 0) is 32.1 Å². The van der Waals surface area contributed by atoms with Crippen LogP contribution in [0, 0.1) is 5.92 Å². The quantitative estimate of drug-likeness (QED) is 0.462. The Labute approximate surface area is 106 Å². The van der Waals surface area contributed by atoms with Crippen LogP contribution in [0.4, 0.5) is 0 Å². The van der Waals surface area contributed by atoms with E-state index in [0.29, 0.717) is 12.3 Å². The lowest BCUT2D eigenvalue weighted by Gasteiger charge is -2.19. The molecule has 1 fully saturated rings. The maximum atomic E-state index is 11.6. The van der Waals surface area contributed by atoms with Crippen LogP contribution in [0.5, 0.6) is 0 Å². The van der Waals surface area contributed by atoms with E-state index in [2.05, 4.69) is 13.8 Å². The summed E-state index contributed by atoms with van der Waals surface area (Å²) in [5.74, 6) is 0.639. The molecule has 2 nitrogen and oxygen atoms in total. The van der Waals surface area contributed by atoms with E-state index in [4.69, 9.17) is 4.74 Å². The molecule has 0 spiro atoms. The summed E-state index contributed by atoms with van der Waals surface area (Å²) in [5, 5.41) is 0. The zero-order chi connectivity index (χ0) is 12.5. The molecule has 0 aromatic heterocycles. The van der Waals surface area contributed by atoms with E-state index in [1.54, 1.807) is 0 Å². The fourth-order valence-electron chi connectivity index (χ4n) is 2.66. The number of hydrogen-bond donors (Lipinski definition) is 0. The number of unbranched alkanes of at least 4 members (excludes halogenated alkanes) is 4. The van der Waals surface area contributed by atoms with Gasteiger partial charge in [0.05, 0.1) is 0 Å². The Hall–Kier alpha value is -0.530. The summed E-state index contributed by atoms with van der Waals surface area (Å²) in [6, 6.07) is 0. The van der Waals surface area contributed by atoms with E-state index >= 15 is 0 Å². The van der Waals surface area contributed by atoms with Crippen molar-refractivity contribution in [3.63, 3.8) is 0 Å². The highest BCUT2D eigenvalue weighted by atomic mass is 16.5. The predicted molar refractivity (Wildman–Crippen MR) is 70.9 cm³/mol. The summed E-state index contributed by atoms with van der Waals surface area (Å²) in [7, 11) is 0. The van der Waals surface area contributed by atoms with Gasteiger partial charge in [-0.1, -0.05) is 45.4 Å². The molecule has 1 rings (SSSR count). The first-order chi connectivity index (χ1) is 8.24. The van der Waals surface area contributed by atoms with Crippen molar-refractivity contribution in [2.24, 2.45) is 5.92 Å². The Bertz CT molecular complexity index is 207. The predicted octanol–water partition coefficient (Wildman–Crippen LogP) is 4.47. The molecule has 0 aromatic rings. The molecular weight excluding hydrogens is 212 g/mol. The lowest BCUT2D eigenvalue weighted by molar-refractivity contribution is -0.150. The van der Waals surface area contributed by atoms with Gasteiger partial charge in [-0.15, -0.1) is 0 Å². The van der Waals surface area contributed by atoms with Gasteiger partial charge in [-0.25, -0.2) is 0 Å². The monoisotopic (exact) mass is 240 g/mol. The minimum atomic E-state index is 0.0147. The standard InChI is InChI=1S/C15H28O2/c1-3-4-5-6-7-12-15(16)17-13(2)14-10-8-9-11-14/h13-14H,3-12H2,1-2H3. The van der Waals surface area contributed by atoms with Gasteiger partial charge in [0.1, 0.15) is 6.10 Å². The number of ether oxygens (including phenoxy) is 1.